The quantitative estimate of drug-likeness (QED) is 0.854. The fraction of sp³-hybridized carbons (Fsp3) is 0.278. The molecule has 126 valence electrons. The van der Waals surface area contributed by atoms with E-state index in [1.54, 1.807) is 6.07 Å². The maximum atomic E-state index is 13.2. The molecule has 0 fully saturated rings. The first kappa shape index (κ1) is 17.6. The van der Waals surface area contributed by atoms with Crippen LogP contribution in [0.2, 0.25) is 0 Å². The second kappa shape index (κ2) is 8.19. The van der Waals surface area contributed by atoms with Gasteiger partial charge in [-0.3, -0.25) is 14.6 Å². The van der Waals surface area contributed by atoms with Gasteiger partial charge in [0.25, 0.3) is 11.8 Å². The molecule has 2 amide bonds. The van der Waals surface area contributed by atoms with Crippen LogP contribution in [0.5, 0.6) is 0 Å². The largest absolute Gasteiger partial charge is 0.351 e. The Kier molecular flexibility index (Phi) is 6.01. The molecule has 1 aromatic carbocycles. The van der Waals surface area contributed by atoms with Gasteiger partial charge in [-0.2, -0.15) is 0 Å². The third-order valence-electron chi connectivity index (χ3n) is 3.34. The van der Waals surface area contributed by atoms with Crippen molar-refractivity contribution in [3.05, 3.63) is 59.7 Å². The van der Waals surface area contributed by atoms with Crippen LogP contribution in [-0.2, 0) is 0 Å². The molecule has 2 N–H and O–H groups in total. The van der Waals surface area contributed by atoms with Gasteiger partial charge in [0.1, 0.15) is 11.5 Å². The number of nitrogens with zero attached hydrogens (tertiary/aromatic N) is 1. The van der Waals surface area contributed by atoms with Gasteiger partial charge in [0.05, 0.1) is 0 Å². The van der Waals surface area contributed by atoms with Crippen LogP contribution in [0, 0.1) is 11.7 Å². The summed E-state index contributed by atoms with van der Waals surface area (Å²) in [5.41, 5.74) is 0.800. The van der Waals surface area contributed by atoms with Crippen LogP contribution in [0.3, 0.4) is 0 Å². The molecule has 0 unspecified atom stereocenters. The molecule has 0 aliphatic carbocycles. The number of pyridine rings is 1. The number of carbonyl (C=O) groups excluding carboxylic acids is 2. The van der Waals surface area contributed by atoms with Crippen LogP contribution in [0.4, 0.5) is 10.1 Å². The lowest BCUT2D eigenvalue weighted by molar-refractivity contribution is 0.0947. The highest BCUT2D eigenvalue weighted by Crippen LogP contribution is 2.11. The molecule has 0 aliphatic rings. The predicted molar refractivity (Wildman–Crippen MR) is 90.4 cm³/mol. The maximum absolute atomic E-state index is 13.2. The first-order valence-electron chi connectivity index (χ1n) is 7.77. The predicted octanol–water partition coefficient (Wildman–Crippen LogP) is 3.25. The van der Waals surface area contributed by atoms with Crippen molar-refractivity contribution < 1.29 is 14.0 Å². The van der Waals surface area contributed by atoms with Crippen molar-refractivity contribution in [3.63, 3.8) is 0 Å². The van der Waals surface area contributed by atoms with E-state index >= 15 is 0 Å². The topological polar surface area (TPSA) is 71.1 Å². The lowest BCUT2D eigenvalue weighted by Gasteiger charge is -2.08. The van der Waals surface area contributed by atoms with E-state index in [0.29, 0.717) is 18.2 Å². The van der Waals surface area contributed by atoms with Crippen molar-refractivity contribution in [2.75, 3.05) is 11.9 Å². The number of rotatable bonds is 6. The third-order valence-corrected chi connectivity index (χ3v) is 3.34. The van der Waals surface area contributed by atoms with Crippen molar-refractivity contribution in [2.24, 2.45) is 5.92 Å². The van der Waals surface area contributed by atoms with Crippen LogP contribution in [0.25, 0.3) is 0 Å². The molecule has 0 spiro atoms. The maximum Gasteiger partial charge on any atom is 0.269 e. The van der Waals surface area contributed by atoms with Gasteiger partial charge < -0.3 is 10.6 Å². The van der Waals surface area contributed by atoms with Crippen LogP contribution in [-0.4, -0.2) is 23.3 Å². The molecule has 0 aliphatic heterocycles. The van der Waals surface area contributed by atoms with E-state index in [0.717, 1.165) is 6.42 Å². The number of halogens is 1. The molecule has 0 radical (unpaired) electrons. The summed E-state index contributed by atoms with van der Waals surface area (Å²) < 4.78 is 13.2. The van der Waals surface area contributed by atoms with Gasteiger partial charge in [-0.25, -0.2) is 4.39 Å². The monoisotopic (exact) mass is 329 g/mol. The Morgan fingerprint density at radius 3 is 2.67 bits per heavy atom. The fourth-order valence-corrected chi connectivity index (χ4v) is 2.03. The van der Waals surface area contributed by atoms with Crippen LogP contribution < -0.4 is 10.6 Å². The van der Waals surface area contributed by atoms with Gasteiger partial charge in [-0.05, 0) is 42.7 Å². The number of hydrogen-bond donors (Lipinski definition) is 2. The SMILES string of the molecule is CC(C)CCNC(=O)c1cc(C(=O)Nc2cccc(F)c2)ccn1. The third kappa shape index (κ3) is 5.15. The van der Waals surface area contributed by atoms with E-state index in [2.05, 4.69) is 29.5 Å². The zero-order valence-corrected chi connectivity index (χ0v) is 13.7. The second-order valence-corrected chi connectivity index (χ2v) is 5.83. The summed E-state index contributed by atoms with van der Waals surface area (Å²) in [5.74, 6) is -0.704. The standard InChI is InChI=1S/C18H20FN3O2/c1-12(2)6-8-21-18(24)16-10-13(7-9-20-16)17(23)22-15-5-3-4-14(19)11-15/h3-5,7,9-12H,6,8H2,1-2H3,(H,21,24)(H,22,23). The molecule has 1 aromatic heterocycles. The summed E-state index contributed by atoms with van der Waals surface area (Å²) in [6, 6.07) is 8.52. The van der Waals surface area contributed by atoms with Crippen molar-refractivity contribution in [2.45, 2.75) is 20.3 Å². The minimum atomic E-state index is -0.437. The number of hydrogen-bond acceptors (Lipinski definition) is 3. The van der Waals surface area contributed by atoms with Gasteiger partial charge in [0.15, 0.2) is 0 Å². The van der Waals surface area contributed by atoms with Gasteiger partial charge in [-0.15, -0.1) is 0 Å². The Morgan fingerprint density at radius 2 is 1.96 bits per heavy atom. The Bertz CT molecular complexity index is 732. The minimum Gasteiger partial charge on any atom is -0.351 e. The number of amides is 2. The normalized spacial score (nSPS) is 10.5. The molecule has 1 heterocycles. The zero-order chi connectivity index (χ0) is 17.5. The fourth-order valence-electron chi connectivity index (χ4n) is 2.03. The summed E-state index contributed by atoms with van der Waals surface area (Å²) in [4.78, 5) is 28.2. The lowest BCUT2D eigenvalue weighted by Crippen LogP contribution is -2.26. The molecule has 6 heteroatoms. The van der Waals surface area contributed by atoms with Crippen molar-refractivity contribution in [3.8, 4) is 0 Å². The number of nitrogens with one attached hydrogen (secondary N) is 2. The summed E-state index contributed by atoms with van der Waals surface area (Å²) in [6.07, 6.45) is 2.27. The summed E-state index contributed by atoms with van der Waals surface area (Å²) in [5, 5.41) is 5.36. The highest BCUT2D eigenvalue weighted by molar-refractivity contribution is 6.05. The first-order chi connectivity index (χ1) is 11.5. The van der Waals surface area contributed by atoms with Gasteiger partial charge >= 0.3 is 0 Å². The van der Waals surface area contributed by atoms with Crippen molar-refractivity contribution in [1.82, 2.24) is 10.3 Å². The molecule has 2 aromatic rings. The molecular weight excluding hydrogens is 309 g/mol. The Labute approximate surface area is 140 Å². The molecular formula is C18H20FN3O2. The van der Waals surface area contributed by atoms with E-state index < -0.39 is 11.7 Å². The molecule has 5 nitrogen and oxygen atoms in total. The van der Waals surface area contributed by atoms with Gasteiger partial charge in [0.2, 0.25) is 0 Å². The van der Waals surface area contributed by atoms with E-state index in [9.17, 15) is 14.0 Å². The highest BCUT2D eigenvalue weighted by atomic mass is 19.1. The number of aromatic nitrogens is 1. The Hall–Kier alpha value is -2.76. The minimum absolute atomic E-state index is 0.172. The van der Waals surface area contributed by atoms with Gasteiger partial charge in [0, 0.05) is 24.0 Å². The zero-order valence-electron chi connectivity index (χ0n) is 13.7. The van der Waals surface area contributed by atoms with E-state index in [1.165, 1.54) is 36.5 Å². The van der Waals surface area contributed by atoms with E-state index in [-0.39, 0.29) is 17.2 Å². The van der Waals surface area contributed by atoms with Gasteiger partial charge in [-0.1, -0.05) is 19.9 Å². The van der Waals surface area contributed by atoms with Crippen LogP contribution in [0.15, 0.2) is 42.6 Å². The molecule has 0 atom stereocenters. The number of anilines is 1. The van der Waals surface area contributed by atoms with Crippen molar-refractivity contribution >= 4 is 17.5 Å². The van der Waals surface area contributed by atoms with E-state index in [4.69, 9.17) is 0 Å². The Morgan fingerprint density at radius 1 is 1.17 bits per heavy atom. The molecule has 0 bridgehead atoms. The average molecular weight is 329 g/mol. The number of carbonyl (C=O) groups is 2. The van der Waals surface area contributed by atoms with Crippen molar-refractivity contribution in [1.29, 1.82) is 0 Å². The smallest absolute Gasteiger partial charge is 0.269 e. The molecule has 24 heavy (non-hydrogen) atoms. The highest BCUT2D eigenvalue weighted by Gasteiger charge is 2.12. The van der Waals surface area contributed by atoms with Crippen LogP contribution >= 0.6 is 0 Å². The summed E-state index contributed by atoms with van der Waals surface area (Å²) in [7, 11) is 0. The first-order valence-corrected chi connectivity index (χ1v) is 7.77. The Balaban J connectivity index is 2.03. The molecule has 0 saturated heterocycles. The summed E-state index contributed by atoms with van der Waals surface area (Å²) in [6.45, 7) is 4.70. The van der Waals surface area contributed by atoms with E-state index in [1.807, 2.05) is 0 Å². The molecule has 0 saturated carbocycles. The lowest BCUT2D eigenvalue weighted by atomic mass is 10.1. The molecule has 2 rings (SSSR count). The second-order valence-electron chi connectivity index (χ2n) is 5.83. The van der Waals surface area contributed by atoms with Crippen LogP contribution in [0.1, 0.15) is 41.1 Å². The average Bonchev–Trinajstić information content (AvgIpc) is 2.54. The summed E-state index contributed by atoms with van der Waals surface area (Å²) >= 11 is 0. The number of benzene rings is 1.